The van der Waals surface area contributed by atoms with Crippen LogP contribution in [0.5, 0.6) is 0 Å². The second-order valence-corrected chi connectivity index (χ2v) is 7.72. The Balaban J connectivity index is 1.53. The predicted molar refractivity (Wildman–Crippen MR) is 89.5 cm³/mol. The molecule has 2 aliphatic heterocycles. The minimum Gasteiger partial charge on any atom is -0.361 e. The van der Waals surface area contributed by atoms with Crippen molar-refractivity contribution >= 4 is 17.7 Å². The Morgan fingerprint density at radius 1 is 1.35 bits per heavy atom. The van der Waals surface area contributed by atoms with E-state index in [0.29, 0.717) is 0 Å². The average molecular weight is 328 g/mol. The molecule has 1 saturated heterocycles. The van der Waals surface area contributed by atoms with Crippen LogP contribution in [0.3, 0.4) is 0 Å². The highest BCUT2D eigenvalue weighted by molar-refractivity contribution is 8.01. The molecular formula is C18H20N2O2S. The number of carbonyl (C=O) groups excluding carboxylic acids is 1. The van der Waals surface area contributed by atoms with Crippen molar-refractivity contribution in [1.82, 2.24) is 10.1 Å². The normalized spacial score (nSPS) is 23.3. The van der Waals surface area contributed by atoms with Gasteiger partial charge in [-0.2, -0.15) is 0 Å². The molecule has 3 heterocycles. The van der Waals surface area contributed by atoms with E-state index >= 15 is 0 Å². The molecule has 4 nitrogen and oxygen atoms in total. The smallest absolute Gasteiger partial charge is 0.236 e. The van der Waals surface area contributed by atoms with Gasteiger partial charge in [0.2, 0.25) is 5.91 Å². The Morgan fingerprint density at radius 3 is 3.00 bits per heavy atom. The Morgan fingerprint density at radius 2 is 2.22 bits per heavy atom. The van der Waals surface area contributed by atoms with E-state index in [1.54, 1.807) is 11.8 Å². The van der Waals surface area contributed by atoms with Gasteiger partial charge in [0.05, 0.1) is 11.3 Å². The number of amides is 1. The zero-order chi connectivity index (χ0) is 16.0. The van der Waals surface area contributed by atoms with Crippen molar-refractivity contribution in [2.24, 2.45) is 0 Å². The SMILES string of the molecule is Cc1ccc2c(c1)S[C@@H](C(=O)N1CCC[C@@H]1c1cc(C)on1)C2. The summed E-state index contributed by atoms with van der Waals surface area (Å²) in [6.45, 7) is 4.81. The Bertz CT molecular complexity index is 755. The highest BCUT2D eigenvalue weighted by atomic mass is 32.2. The number of carbonyl (C=O) groups is 1. The van der Waals surface area contributed by atoms with Crippen LogP contribution in [-0.2, 0) is 11.2 Å². The van der Waals surface area contributed by atoms with Crippen LogP contribution in [0.4, 0.5) is 0 Å². The summed E-state index contributed by atoms with van der Waals surface area (Å²) in [5.41, 5.74) is 3.44. The molecule has 2 aromatic rings. The molecule has 1 fully saturated rings. The summed E-state index contributed by atoms with van der Waals surface area (Å²) in [5, 5.41) is 4.13. The first-order valence-corrected chi connectivity index (χ1v) is 8.99. The first kappa shape index (κ1) is 14.8. The third kappa shape index (κ3) is 2.67. The zero-order valence-corrected chi connectivity index (χ0v) is 14.2. The van der Waals surface area contributed by atoms with Gasteiger partial charge in [0.1, 0.15) is 11.5 Å². The van der Waals surface area contributed by atoms with E-state index in [1.165, 1.54) is 16.0 Å². The van der Waals surface area contributed by atoms with Gasteiger partial charge in [-0.1, -0.05) is 22.9 Å². The van der Waals surface area contributed by atoms with Crippen molar-refractivity contribution in [3.05, 3.63) is 46.8 Å². The largest absolute Gasteiger partial charge is 0.361 e. The summed E-state index contributed by atoms with van der Waals surface area (Å²) >= 11 is 1.71. The summed E-state index contributed by atoms with van der Waals surface area (Å²) in [5.74, 6) is 1.05. The van der Waals surface area contributed by atoms with Crippen molar-refractivity contribution < 1.29 is 9.32 Å². The van der Waals surface area contributed by atoms with E-state index in [1.807, 2.05) is 17.9 Å². The monoisotopic (exact) mass is 328 g/mol. The van der Waals surface area contributed by atoms with Crippen molar-refractivity contribution in [1.29, 1.82) is 0 Å². The van der Waals surface area contributed by atoms with Gasteiger partial charge < -0.3 is 9.42 Å². The second-order valence-electron chi connectivity index (χ2n) is 6.47. The van der Waals surface area contributed by atoms with E-state index in [-0.39, 0.29) is 17.2 Å². The maximum Gasteiger partial charge on any atom is 0.236 e. The Hall–Kier alpha value is -1.75. The molecule has 0 bridgehead atoms. The highest BCUT2D eigenvalue weighted by Gasteiger charge is 2.38. The number of benzene rings is 1. The summed E-state index contributed by atoms with van der Waals surface area (Å²) in [4.78, 5) is 16.3. The molecule has 1 amide bonds. The lowest BCUT2D eigenvalue weighted by atomic mass is 10.1. The van der Waals surface area contributed by atoms with E-state index < -0.39 is 0 Å². The molecule has 5 heteroatoms. The summed E-state index contributed by atoms with van der Waals surface area (Å²) in [6, 6.07) is 8.51. The number of aromatic nitrogens is 1. The van der Waals surface area contributed by atoms with Crippen LogP contribution in [0.1, 0.15) is 41.5 Å². The second kappa shape index (κ2) is 5.71. The van der Waals surface area contributed by atoms with Crippen molar-refractivity contribution in [2.75, 3.05) is 6.54 Å². The maximum atomic E-state index is 13.0. The molecule has 2 aliphatic rings. The lowest BCUT2D eigenvalue weighted by Gasteiger charge is -2.25. The van der Waals surface area contributed by atoms with Crippen LogP contribution in [0.2, 0.25) is 0 Å². The molecule has 2 atom stereocenters. The minimum atomic E-state index is 0.000368. The summed E-state index contributed by atoms with van der Waals surface area (Å²) in [7, 11) is 0. The van der Waals surface area contributed by atoms with Crippen LogP contribution < -0.4 is 0 Å². The zero-order valence-electron chi connectivity index (χ0n) is 13.4. The lowest BCUT2D eigenvalue weighted by Crippen LogP contribution is -2.37. The van der Waals surface area contributed by atoms with Crippen LogP contribution in [0.15, 0.2) is 33.7 Å². The number of hydrogen-bond acceptors (Lipinski definition) is 4. The topological polar surface area (TPSA) is 46.3 Å². The van der Waals surface area contributed by atoms with Crippen molar-refractivity contribution in [3.8, 4) is 0 Å². The highest BCUT2D eigenvalue weighted by Crippen LogP contribution is 2.41. The number of aryl methyl sites for hydroxylation is 2. The van der Waals surface area contributed by atoms with Crippen molar-refractivity contribution in [3.63, 3.8) is 0 Å². The van der Waals surface area contributed by atoms with Crippen molar-refractivity contribution in [2.45, 2.75) is 49.3 Å². The quantitative estimate of drug-likeness (QED) is 0.844. The molecule has 23 heavy (non-hydrogen) atoms. The van der Waals surface area contributed by atoms with Crippen LogP contribution >= 0.6 is 11.8 Å². The Labute approximate surface area is 140 Å². The molecule has 0 radical (unpaired) electrons. The van der Waals surface area contributed by atoms with Crippen LogP contribution in [-0.4, -0.2) is 27.8 Å². The fraction of sp³-hybridized carbons (Fsp3) is 0.444. The van der Waals surface area contributed by atoms with Crippen LogP contribution in [0.25, 0.3) is 0 Å². The maximum absolute atomic E-state index is 13.0. The molecule has 0 unspecified atom stereocenters. The van der Waals surface area contributed by atoms with Gasteiger partial charge in [0, 0.05) is 17.5 Å². The first-order chi connectivity index (χ1) is 11.1. The summed E-state index contributed by atoms with van der Waals surface area (Å²) in [6.07, 6.45) is 2.84. The third-order valence-corrected chi connectivity index (χ3v) is 5.98. The number of hydrogen-bond donors (Lipinski definition) is 0. The molecule has 0 N–H and O–H groups in total. The fourth-order valence-corrected chi connectivity index (χ4v) is 4.90. The number of likely N-dealkylation sites (tertiary alicyclic amines) is 1. The van der Waals surface area contributed by atoms with Gasteiger partial charge >= 0.3 is 0 Å². The number of nitrogens with zero attached hydrogens (tertiary/aromatic N) is 2. The first-order valence-electron chi connectivity index (χ1n) is 8.12. The van der Waals surface area contributed by atoms with E-state index in [0.717, 1.165) is 37.3 Å². The molecule has 0 aliphatic carbocycles. The number of fused-ring (bicyclic) bond motifs is 1. The standard InChI is InChI=1S/C18H20N2O2S/c1-11-5-6-13-10-17(23-16(13)8-11)18(21)20-7-3-4-15(20)14-9-12(2)22-19-14/h5-6,8-9,15,17H,3-4,7,10H2,1-2H3/t15-,17-/m1/s1. The van der Waals surface area contributed by atoms with Gasteiger partial charge in [-0.25, -0.2) is 0 Å². The Kier molecular flexibility index (Phi) is 3.68. The third-order valence-electron chi connectivity index (χ3n) is 4.70. The van der Waals surface area contributed by atoms with E-state index in [2.05, 4.69) is 30.3 Å². The van der Waals surface area contributed by atoms with Gasteiger partial charge in [0.25, 0.3) is 0 Å². The predicted octanol–water partition coefficient (Wildman–Crippen LogP) is 3.67. The molecule has 120 valence electrons. The number of rotatable bonds is 2. The van der Waals surface area contributed by atoms with Gasteiger partial charge in [-0.3, -0.25) is 4.79 Å². The molecule has 0 saturated carbocycles. The van der Waals surface area contributed by atoms with E-state index in [9.17, 15) is 4.79 Å². The van der Waals surface area contributed by atoms with Crippen LogP contribution in [0, 0.1) is 13.8 Å². The van der Waals surface area contributed by atoms with Gasteiger partial charge in [-0.05, 0) is 44.7 Å². The molecule has 4 rings (SSSR count). The fourth-order valence-electron chi connectivity index (χ4n) is 3.54. The molecule has 0 spiro atoms. The van der Waals surface area contributed by atoms with Gasteiger partial charge in [0.15, 0.2) is 0 Å². The average Bonchev–Trinajstić information content (AvgIpc) is 3.23. The van der Waals surface area contributed by atoms with E-state index in [4.69, 9.17) is 4.52 Å². The molecule has 1 aromatic heterocycles. The minimum absolute atomic E-state index is 0.000368. The summed E-state index contributed by atoms with van der Waals surface area (Å²) < 4.78 is 5.20. The number of thioether (sulfide) groups is 1. The molecule has 1 aromatic carbocycles. The van der Waals surface area contributed by atoms with Gasteiger partial charge in [-0.15, -0.1) is 11.8 Å². The lowest BCUT2D eigenvalue weighted by molar-refractivity contribution is -0.131. The molecular weight excluding hydrogens is 308 g/mol.